The first-order valence-corrected chi connectivity index (χ1v) is 5.55. The van der Waals surface area contributed by atoms with Gasteiger partial charge in [-0.15, -0.1) is 0 Å². The molecule has 0 saturated heterocycles. The lowest BCUT2D eigenvalue weighted by molar-refractivity contribution is 0.0208. The Labute approximate surface area is 93.2 Å². The maximum atomic E-state index is 11.6. The van der Waals surface area contributed by atoms with E-state index in [1.54, 1.807) is 0 Å². The summed E-state index contributed by atoms with van der Waals surface area (Å²) in [5, 5.41) is 0. The highest BCUT2D eigenvalue weighted by molar-refractivity contribution is 5.88. The molecule has 0 spiro atoms. The Morgan fingerprint density at radius 3 is 2.62 bits per heavy atom. The van der Waals surface area contributed by atoms with Crippen LogP contribution in [-0.2, 0) is 4.74 Å². The third kappa shape index (κ3) is 2.72. The van der Waals surface area contributed by atoms with Gasteiger partial charge in [-0.3, -0.25) is 0 Å². The summed E-state index contributed by atoms with van der Waals surface area (Å²) in [5.41, 5.74) is -0.167. The summed E-state index contributed by atoms with van der Waals surface area (Å²) in [5.74, 6) is -0.407. The normalized spacial score (nSPS) is 17.0. The lowest BCUT2D eigenvalue weighted by atomic mass is 9.98. The van der Waals surface area contributed by atoms with E-state index in [1.807, 2.05) is 0 Å². The zero-order valence-corrected chi connectivity index (χ0v) is 8.98. The second kappa shape index (κ2) is 4.96. The van der Waals surface area contributed by atoms with Crippen LogP contribution < -0.4 is 5.63 Å². The number of carbonyl (C=O) groups is 1. The lowest BCUT2D eigenvalue weighted by Crippen LogP contribution is -2.21. The van der Waals surface area contributed by atoms with Crippen molar-refractivity contribution in [3.63, 3.8) is 0 Å². The van der Waals surface area contributed by atoms with Crippen molar-refractivity contribution in [2.24, 2.45) is 0 Å². The average molecular weight is 222 g/mol. The van der Waals surface area contributed by atoms with Gasteiger partial charge in [-0.05, 0) is 31.7 Å². The first kappa shape index (κ1) is 10.9. The summed E-state index contributed by atoms with van der Waals surface area (Å²) in [6.45, 7) is 0. The Kier molecular flexibility index (Phi) is 3.39. The van der Waals surface area contributed by atoms with E-state index in [0.717, 1.165) is 31.9 Å². The van der Waals surface area contributed by atoms with Crippen molar-refractivity contribution in [3.8, 4) is 0 Å². The number of hydrogen-bond acceptors (Lipinski definition) is 4. The Morgan fingerprint density at radius 1 is 1.25 bits per heavy atom. The summed E-state index contributed by atoms with van der Waals surface area (Å²) >= 11 is 0. The van der Waals surface area contributed by atoms with Crippen LogP contribution in [0.1, 0.15) is 42.5 Å². The van der Waals surface area contributed by atoms with E-state index in [2.05, 4.69) is 4.42 Å². The zero-order chi connectivity index (χ0) is 11.4. The Balaban J connectivity index is 1.96. The fourth-order valence-corrected chi connectivity index (χ4v) is 1.88. The van der Waals surface area contributed by atoms with Gasteiger partial charge >= 0.3 is 11.6 Å². The van der Waals surface area contributed by atoms with E-state index in [4.69, 9.17) is 4.74 Å². The predicted molar refractivity (Wildman–Crippen MR) is 57.3 cm³/mol. The quantitative estimate of drug-likeness (QED) is 0.719. The minimum Gasteiger partial charge on any atom is -0.459 e. The Bertz CT molecular complexity index is 395. The molecular formula is C12H14O4. The molecule has 0 N–H and O–H groups in total. The standard InChI is InChI=1S/C12H14O4/c13-11-7-6-9(8-15-11)12(14)16-10-4-2-1-3-5-10/h6-8,10H,1-5H2. The molecule has 1 aliphatic carbocycles. The molecule has 0 unspecified atom stereocenters. The third-order valence-corrected chi connectivity index (χ3v) is 2.76. The van der Waals surface area contributed by atoms with Crippen LogP contribution in [0.15, 0.2) is 27.6 Å². The molecule has 0 bridgehead atoms. The summed E-state index contributed by atoms with van der Waals surface area (Å²) < 4.78 is 9.93. The van der Waals surface area contributed by atoms with Crippen molar-refractivity contribution in [2.75, 3.05) is 0 Å². The highest BCUT2D eigenvalue weighted by Crippen LogP contribution is 2.21. The highest BCUT2D eigenvalue weighted by atomic mass is 16.5. The minimum atomic E-state index is -0.464. The summed E-state index contributed by atoms with van der Waals surface area (Å²) in [6, 6.07) is 2.65. The van der Waals surface area contributed by atoms with Gasteiger partial charge in [0.1, 0.15) is 12.4 Å². The lowest BCUT2D eigenvalue weighted by Gasteiger charge is -2.21. The van der Waals surface area contributed by atoms with Crippen molar-refractivity contribution in [1.29, 1.82) is 0 Å². The fourth-order valence-electron chi connectivity index (χ4n) is 1.88. The minimum absolute atomic E-state index is 0.0215. The molecule has 4 heteroatoms. The zero-order valence-electron chi connectivity index (χ0n) is 8.98. The van der Waals surface area contributed by atoms with Gasteiger partial charge in [0.15, 0.2) is 0 Å². The molecule has 1 aromatic rings. The third-order valence-electron chi connectivity index (χ3n) is 2.76. The van der Waals surface area contributed by atoms with Gasteiger partial charge in [0.05, 0.1) is 5.56 Å². The predicted octanol–water partition coefficient (Wildman–Crippen LogP) is 2.13. The smallest absolute Gasteiger partial charge is 0.341 e. The molecule has 0 aromatic carbocycles. The first-order chi connectivity index (χ1) is 7.75. The van der Waals surface area contributed by atoms with Crippen molar-refractivity contribution in [2.45, 2.75) is 38.2 Å². The number of carbonyl (C=O) groups excluding carboxylic acids is 1. The second-order valence-corrected chi connectivity index (χ2v) is 4.01. The summed E-state index contributed by atoms with van der Waals surface area (Å²) in [7, 11) is 0. The highest BCUT2D eigenvalue weighted by Gasteiger charge is 2.18. The van der Waals surface area contributed by atoms with Crippen LogP contribution in [0.4, 0.5) is 0 Å². The molecule has 0 radical (unpaired) electrons. The van der Waals surface area contributed by atoms with Gasteiger partial charge < -0.3 is 9.15 Å². The van der Waals surface area contributed by atoms with Gasteiger partial charge in [-0.25, -0.2) is 9.59 Å². The van der Waals surface area contributed by atoms with Crippen LogP contribution in [0.2, 0.25) is 0 Å². The first-order valence-electron chi connectivity index (χ1n) is 5.55. The molecule has 86 valence electrons. The van der Waals surface area contributed by atoms with Crippen molar-refractivity contribution in [1.82, 2.24) is 0 Å². The molecule has 1 heterocycles. The van der Waals surface area contributed by atoms with E-state index in [-0.39, 0.29) is 6.10 Å². The number of hydrogen-bond donors (Lipinski definition) is 0. The molecule has 1 saturated carbocycles. The van der Waals surface area contributed by atoms with E-state index in [9.17, 15) is 9.59 Å². The van der Waals surface area contributed by atoms with Crippen LogP contribution >= 0.6 is 0 Å². The van der Waals surface area contributed by atoms with E-state index < -0.39 is 11.6 Å². The topological polar surface area (TPSA) is 56.5 Å². The fraction of sp³-hybridized carbons (Fsp3) is 0.500. The van der Waals surface area contributed by atoms with E-state index >= 15 is 0 Å². The van der Waals surface area contributed by atoms with Gasteiger partial charge in [0.2, 0.25) is 0 Å². The molecule has 1 fully saturated rings. The number of ether oxygens (including phenoxy) is 1. The van der Waals surface area contributed by atoms with Gasteiger partial charge in [0.25, 0.3) is 0 Å². The second-order valence-electron chi connectivity index (χ2n) is 4.01. The monoisotopic (exact) mass is 222 g/mol. The maximum Gasteiger partial charge on any atom is 0.341 e. The van der Waals surface area contributed by atoms with Crippen LogP contribution in [0.3, 0.4) is 0 Å². The molecule has 1 aromatic heterocycles. The van der Waals surface area contributed by atoms with Crippen LogP contribution in [0.25, 0.3) is 0 Å². The van der Waals surface area contributed by atoms with Gasteiger partial charge in [0, 0.05) is 6.07 Å². The Morgan fingerprint density at radius 2 is 2.00 bits per heavy atom. The van der Waals surface area contributed by atoms with E-state index in [0.29, 0.717) is 5.56 Å². The van der Waals surface area contributed by atoms with Crippen LogP contribution in [0.5, 0.6) is 0 Å². The molecule has 0 aliphatic heterocycles. The van der Waals surface area contributed by atoms with Crippen molar-refractivity contribution < 1.29 is 13.9 Å². The van der Waals surface area contributed by atoms with Crippen LogP contribution in [0, 0.1) is 0 Å². The largest absolute Gasteiger partial charge is 0.459 e. The maximum absolute atomic E-state index is 11.6. The summed E-state index contributed by atoms with van der Waals surface area (Å²) in [6.07, 6.45) is 6.48. The molecule has 0 amide bonds. The molecular weight excluding hydrogens is 208 g/mol. The molecule has 4 nitrogen and oxygen atoms in total. The van der Waals surface area contributed by atoms with E-state index in [1.165, 1.54) is 18.6 Å². The van der Waals surface area contributed by atoms with Gasteiger partial charge in [-0.1, -0.05) is 6.42 Å². The molecule has 1 aliphatic rings. The average Bonchev–Trinajstić information content (AvgIpc) is 2.31. The SMILES string of the molecule is O=C(OC1CCCCC1)c1ccc(=O)oc1. The summed E-state index contributed by atoms with van der Waals surface area (Å²) in [4.78, 5) is 22.4. The molecule has 2 rings (SSSR count). The van der Waals surface area contributed by atoms with Crippen molar-refractivity contribution in [3.05, 3.63) is 34.4 Å². The van der Waals surface area contributed by atoms with Crippen molar-refractivity contribution >= 4 is 5.97 Å². The molecule has 0 atom stereocenters. The Hall–Kier alpha value is -1.58. The molecule has 16 heavy (non-hydrogen) atoms. The van der Waals surface area contributed by atoms with Gasteiger partial charge in [-0.2, -0.15) is 0 Å². The van der Waals surface area contributed by atoms with Crippen LogP contribution in [-0.4, -0.2) is 12.1 Å². The number of rotatable bonds is 2. The number of esters is 1.